The maximum absolute atomic E-state index is 12.0. The van der Waals surface area contributed by atoms with Gasteiger partial charge >= 0.3 is 0 Å². The Kier molecular flexibility index (Phi) is 3.08. The van der Waals surface area contributed by atoms with Crippen molar-refractivity contribution >= 4 is 10.0 Å². The summed E-state index contributed by atoms with van der Waals surface area (Å²) in [5.74, 6) is 1.16. The van der Waals surface area contributed by atoms with Crippen LogP contribution >= 0.6 is 0 Å². The van der Waals surface area contributed by atoms with E-state index < -0.39 is 10.0 Å². The molecule has 0 aromatic carbocycles. The molecule has 0 amide bonds. The van der Waals surface area contributed by atoms with Crippen molar-refractivity contribution in [3.05, 3.63) is 0 Å². The highest BCUT2D eigenvalue weighted by atomic mass is 32.2. The molecule has 2 fully saturated rings. The van der Waals surface area contributed by atoms with Gasteiger partial charge in [0.2, 0.25) is 10.0 Å². The first-order valence-electron chi connectivity index (χ1n) is 6.01. The van der Waals surface area contributed by atoms with Crippen LogP contribution < -0.4 is 0 Å². The van der Waals surface area contributed by atoms with Crippen LogP contribution in [0.4, 0.5) is 0 Å². The molecule has 0 aromatic heterocycles. The lowest BCUT2D eigenvalue weighted by Gasteiger charge is -2.34. The molecule has 3 nitrogen and oxygen atoms in total. The fraction of sp³-hybridized carbons (Fsp3) is 1.00. The summed E-state index contributed by atoms with van der Waals surface area (Å²) in [6.07, 6.45) is 3.99. The Labute approximate surface area is 92.9 Å². The van der Waals surface area contributed by atoms with E-state index in [1.54, 1.807) is 4.31 Å². The van der Waals surface area contributed by atoms with Gasteiger partial charge in [-0.2, -0.15) is 0 Å². The zero-order valence-corrected chi connectivity index (χ0v) is 10.5. The van der Waals surface area contributed by atoms with Crippen LogP contribution in [-0.2, 0) is 10.0 Å². The van der Waals surface area contributed by atoms with Crippen LogP contribution in [-0.4, -0.2) is 31.1 Å². The van der Waals surface area contributed by atoms with E-state index >= 15 is 0 Å². The lowest BCUT2D eigenvalue weighted by molar-refractivity contribution is 0.218. The van der Waals surface area contributed by atoms with Crippen molar-refractivity contribution in [3.8, 4) is 0 Å². The summed E-state index contributed by atoms with van der Waals surface area (Å²) in [6, 6.07) is 0. The molecule has 4 heteroatoms. The van der Waals surface area contributed by atoms with Gasteiger partial charge < -0.3 is 0 Å². The first-order chi connectivity index (χ1) is 7.01. The summed E-state index contributed by atoms with van der Waals surface area (Å²) in [4.78, 5) is 0. The zero-order chi connectivity index (χ0) is 11.1. The third-order valence-electron chi connectivity index (χ3n) is 3.67. The van der Waals surface area contributed by atoms with Crippen molar-refractivity contribution in [3.63, 3.8) is 0 Å². The molecule has 0 radical (unpaired) electrons. The normalized spacial score (nSPS) is 29.7. The number of rotatable bonds is 3. The predicted molar refractivity (Wildman–Crippen MR) is 61.1 cm³/mol. The van der Waals surface area contributed by atoms with E-state index in [0.29, 0.717) is 11.8 Å². The minimum atomic E-state index is -2.92. The predicted octanol–water partition coefficient (Wildman–Crippen LogP) is 1.85. The lowest BCUT2D eigenvalue weighted by Crippen LogP contribution is -2.42. The average Bonchev–Trinajstić information content (AvgIpc) is 3.01. The van der Waals surface area contributed by atoms with E-state index in [9.17, 15) is 8.42 Å². The van der Waals surface area contributed by atoms with Gasteiger partial charge in [-0.1, -0.05) is 13.8 Å². The monoisotopic (exact) mass is 231 g/mol. The van der Waals surface area contributed by atoms with Crippen molar-refractivity contribution in [2.45, 2.75) is 44.8 Å². The third-order valence-corrected chi connectivity index (χ3v) is 6.03. The number of hydrogen-bond donors (Lipinski definition) is 0. The van der Waals surface area contributed by atoms with Gasteiger partial charge in [0.15, 0.2) is 0 Å². The second kappa shape index (κ2) is 4.06. The molecule has 1 heterocycles. The molecule has 0 N–H and O–H groups in total. The molecule has 0 bridgehead atoms. The van der Waals surface area contributed by atoms with E-state index in [-0.39, 0.29) is 5.25 Å². The first-order valence-corrected chi connectivity index (χ1v) is 7.51. The molecule has 0 aromatic rings. The highest BCUT2D eigenvalue weighted by Crippen LogP contribution is 2.34. The van der Waals surface area contributed by atoms with Gasteiger partial charge in [0.1, 0.15) is 0 Å². The van der Waals surface area contributed by atoms with Crippen LogP contribution in [0.5, 0.6) is 0 Å². The number of hydrogen-bond acceptors (Lipinski definition) is 2. The fourth-order valence-electron chi connectivity index (χ4n) is 2.33. The van der Waals surface area contributed by atoms with Gasteiger partial charge in [0.05, 0.1) is 5.25 Å². The fourth-order valence-corrected chi connectivity index (χ4v) is 4.26. The highest BCUT2D eigenvalue weighted by molar-refractivity contribution is 7.90. The third kappa shape index (κ3) is 2.36. The molecule has 2 aliphatic rings. The summed E-state index contributed by atoms with van der Waals surface area (Å²) in [5.41, 5.74) is 0. The van der Waals surface area contributed by atoms with Gasteiger partial charge in [-0.05, 0) is 37.5 Å². The van der Waals surface area contributed by atoms with E-state index in [4.69, 9.17) is 0 Å². The summed E-state index contributed by atoms with van der Waals surface area (Å²) >= 11 is 0. The molecule has 1 saturated carbocycles. The van der Waals surface area contributed by atoms with Crippen LogP contribution in [0.2, 0.25) is 0 Å². The Bertz CT molecular complexity index is 319. The molecule has 2 rings (SSSR count). The van der Waals surface area contributed by atoms with Gasteiger partial charge in [-0.15, -0.1) is 0 Å². The Morgan fingerprint density at radius 3 is 2.40 bits per heavy atom. The van der Waals surface area contributed by atoms with E-state index in [1.165, 1.54) is 6.42 Å². The summed E-state index contributed by atoms with van der Waals surface area (Å²) in [7, 11) is -2.92. The number of sulfonamides is 1. The summed E-state index contributed by atoms with van der Waals surface area (Å²) < 4.78 is 25.8. The smallest absolute Gasteiger partial charge is 0.212 e. The summed E-state index contributed by atoms with van der Waals surface area (Å²) in [5, 5.41) is -0.0385. The van der Waals surface area contributed by atoms with Crippen molar-refractivity contribution in [2.24, 2.45) is 11.8 Å². The van der Waals surface area contributed by atoms with E-state index in [2.05, 4.69) is 13.8 Å². The molecular formula is C11H21NO2S. The standard InChI is InChI=1S/C11H21NO2S/c1-9(2)10-4-3-7-12(8-10)15(13,14)11-5-6-11/h9-11H,3-8H2,1-2H3. The van der Waals surface area contributed by atoms with Gasteiger partial charge in [0, 0.05) is 13.1 Å². The van der Waals surface area contributed by atoms with Crippen LogP contribution in [0.25, 0.3) is 0 Å². The van der Waals surface area contributed by atoms with E-state index in [0.717, 1.165) is 32.4 Å². The van der Waals surface area contributed by atoms with Crippen molar-refractivity contribution in [1.82, 2.24) is 4.31 Å². The van der Waals surface area contributed by atoms with Crippen molar-refractivity contribution in [1.29, 1.82) is 0 Å². The second-order valence-electron chi connectivity index (χ2n) is 5.25. The number of nitrogens with zero attached hydrogens (tertiary/aromatic N) is 1. The maximum Gasteiger partial charge on any atom is 0.216 e. The molecule has 1 aliphatic heterocycles. The van der Waals surface area contributed by atoms with E-state index in [1.807, 2.05) is 0 Å². The van der Waals surface area contributed by atoms with Gasteiger partial charge in [0.25, 0.3) is 0 Å². The van der Waals surface area contributed by atoms with Crippen LogP contribution in [0.15, 0.2) is 0 Å². The van der Waals surface area contributed by atoms with Gasteiger partial charge in [-0.25, -0.2) is 12.7 Å². The topological polar surface area (TPSA) is 37.4 Å². The molecule has 88 valence electrons. The molecule has 1 saturated heterocycles. The van der Waals surface area contributed by atoms with Crippen LogP contribution in [0.3, 0.4) is 0 Å². The van der Waals surface area contributed by atoms with Crippen LogP contribution in [0, 0.1) is 11.8 Å². The van der Waals surface area contributed by atoms with Crippen molar-refractivity contribution < 1.29 is 8.42 Å². The molecule has 0 spiro atoms. The Morgan fingerprint density at radius 1 is 1.20 bits per heavy atom. The molecule has 1 aliphatic carbocycles. The maximum atomic E-state index is 12.0. The van der Waals surface area contributed by atoms with Crippen LogP contribution in [0.1, 0.15) is 39.5 Å². The lowest BCUT2D eigenvalue weighted by atomic mass is 9.89. The summed E-state index contributed by atoms with van der Waals surface area (Å²) in [6.45, 7) is 5.90. The Morgan fingerprint density at radius 2 is 1.87 bits per heavy atom. The molecule has 15 heavy (non-hydrogen) atoms. The Balaban J connectivity index is 2.03. The first kappa shape index (κ1) is 11.4. The quantitative estimate of drug-likeness (QED) is 0.743. The Hall–Kier alpha value is -0.0900. The average molecular weight is 231 g/mol. The SMILES string of the molecule is CC(C)C1CCCN(S(=O)(=O)C2CC2)C1. The molecule has 1 unspecified atom stereocenters. The van der Waals surface area contributed by atoms with Crippen molar-refractivity contribution in [2.75, 3.05) is 13.1 Å². The number of piperidine rings is 1. The zero-order valence-electron chi connectivity index (χ0n) is 9.65. The minimum Gasteiger partial charge on any atom is -0.212 e. The molecule has 1 atom stereocenters. The highest BCUT2D eigenvalue weighted by Gasteiger charge is 2.41. The largest absolute Gasteiger partial charge is 0.216 e. The second-order valence-corrected chi connectivity index (χ2v) is 7.46. The van der Waals surface area contributed by atoms with Gasteiger partial charge in [-0.3, -0.25) is 0 Å². The minimum absolute atomic E-state index is 0.0385. The molecular weight excluding hydrogens is 210 g/mol.